The minimum absolute atomic E-state index is 0.218. The molecular weight excluding hydrogens is 358 g/mol. The van der Waals surface area contributed by atoms with E-state index in [9.17, 15) is 4.79 Å². The van der Waals surface area contributed by atoms with Crippen LogP contribution in [0.2, 0.25) is 0 Å². The first-order valence-corrected chi connectivity index (χ1v) is 8.12. The molecule has 0 radical (unpaired) electrons. The Morgan fingerprint density at radius 3 is 2.83 bits per heavy atom. The predicted molar refractivity (Wildman–Crippen MR) is 94.7 cm³/mol. The highest BCUT2D eigenvalue weighted by atomic mass is 79.9. The second-order valence-corrected chi connectivity index (χ2v) is 5.94. The van der Waals surface area contributed by atoms with E-state index < -0.39 is 0 Å². The molecule has 2 N–H and O–H groups in total. The highest BCUT2D eigenvalue weighted by molar-refractivity contribution is 9.10. The van der Waals surface area contributed by atoms with Crippen molar-refractivity contribution in [1.82, 2.24) is 10.3 Å². The number of pyridine rings is 1. The second kappa shape index (κ2) is 8.76. The van der Waals surface area contributed by atoms with E-state index in [4.69, 9.17) is 4.74 Å². The van der Waals surface area contributed by atoms with Crippen LogP contribution in [0.15, 0.2) is 41.0 Å². The number of anilines is 1. The zero-order valence-electron chi connectivity index (χ0n) is 13.2. The molecule has 0 fully saturated rings. The first kappa shape index (κ1) is 17.6. The van der Waals surface area contributed by atoms with Crippen LogP contribution in [0.4, 0.5) is 5.69 Å². The Kier molecular flexibility index (Phi) is 6.70. The normalized spacial score (nSPS) is 10.6. The molecule has 0 atom stereocenters. The molecular formula is C17H20BrN3O2. The second-order valence-electron chi connectivity index (χ2n) is 5.09. The van der Waals surface area contributed by atoms with Crippen LogP contribution < -0.4 is 10.6 Å². The molecule has 0 aliphatic carbocycles. The van der Waals surface area contributed by atoms with E-state index in [-0.39, 0.29) is 5.91 Å². The zero-order valence-corrected chi connectivity index (χ0v) is 14.8. The van der Waals surface area contributed by atoms with Gasteiger partial charge in [0.1, 0.15) is 5.69 Å². The number of rotatable bonds is 7. The number of carbonyl (C=O) groups is 1. The molecule has 0 bridgehead atoms. The minimum Gasteiger partial charge on any atom is -0.383 e. The van der Waals surface area contributed by atoms with Crippen molar-refractivity contribution in [1.29, 1.82) is 0 Å². The number of carbonyl (C=O) groups excluding carboxylic acids is 1. The Labute approximate surface area is 144 Å². The number of amides is 1. The molecule has 2 aromatic rings. The summed E-state index contributed by atoms with van der Waals surface area (Å²) in [5.41, 5.74) is 3.18. The van der Waals surface area contributed by atoms with E-state index >= 15 is 0 Å². The van der Waals surface area contributed by atoms with Crippen LogP contribution in [0.1, 0.15) is 21.6 Å². The molecule has 0 saturated heterocycles. The van der Waals surface area contributed by atoms with Gasteiger partial charge in [-0.1, -0.05) is 28.1 Å². The minimum atomic E-state index is -0.218. The van der Waals surface area contributed by atoms with Crippen molar-refractivity contribution in [2.45, 2.75) is 13.5 Å². The van der Waals surface area contributed by atoms with E-state index in [2.05, 4.69) is 31.5 Å². The summed E-state index contributed by atoms with van der Waals surface area (Å²) in [4.78, 5) is 16.5. The van der Waals surface area contributed by atoms with E-state index in [0.29, 0.717) is 18.8 Å². The molecule has 0 saturated carbocycles. The van der Waals surface area contributed by atoms with Gasteiger partial charge >= 0.3 is 0 Å². The Balaban J connectivity index is 1.96. The van der Waals surface area contributed by atoms with Gasteiger partial charge in [-0.05, 0) is 36.2 Å². The molecule has 1 heterocycles. The van der Waals surface area contributed by atoms with Crippen LogP contribution in [-0.2, 0) is 11.3 Å². The number of benzene rings is 1. The average Bonchev–Trinajstić information content (AvgIpc) is 2.56. The standard InChI is InChI=1S/C17H20BrN3O2/c1-12-14(18)4-3-5-15(12)21-17(22)16-7-6-13(11-20-16)10-19-8-9-23-2/h3-7,11,19H,8-10H2,1-2H3,(H,21,22). The molecule has 23 heavy (non-hydrogen) atoms. The molecule has 1 amide bonds. The molecule has 2 rings (SSSR count). The predicted octanol–water partition coefficient (Wildman–Crippen LogP) is 3.14. The third-order valence-electron chi connectivity index (χ3n) is 3.39. The quantitative estimate of drug-likeness (QED) is 0.727. The lowest BCUT2D eigenvalue weighted by Gasteiger charge is -2.09. The maximum Gasteiger partial charge on any atom is 0.274 e. The summed E-state index contributed by atoms with van der Waals surface area (Å²) >= 11 is 3.45. The van der Waals surface area contributed by atoms with Gasteiger partial charge in [0.2, 0.25) is 0 Å². The average molecular weight is 378 g/mol. The van der Waals surface area contributed by atoms with Gasteiger partial charge in [0.15, 0.2) is 0 Å². The van der Waals surface area contributed by atoms with Crippen molar-refractivity contribution in [2.24, 2.45) is 0 Å². The fourth-order valence-corrected chi connectivity index (χ4v) is 2.37. The van der Waals surface area contributed by atoms with Crippen LogP contribution in [0.5, 0.6) is 0 Å². The molecule has 0 spiro atoms. The van der Waals surface area contributed by atoms with Crippen molar-refractivity contribution in [3.8, 4) is 0 Å². The Bertz CT molecular complexity index is 659. The lowest BCUT2D eigenvalue weighted by Crippen LogP contribution is -2.19. The fraction of sp³-hybridized carbons (Fsp3) is 0.294. The number of hydrogen-bond donors (Lipinski definition) is 2. The Morgan fingerprint density at radius 2 is 2.13 bits per heavy atom. The van der Waals surface area contributed by atoms with Gasteiger partial charge in [0.25, 0.3) is 5.91 Å². The van der Waals surface area contributed by atoms with Gasteiger partial charge in [-0.2, -0.15) is 0 Å². The highest BCUT2D eigenvalue weighted by Crippen LogP contribution is 2.23. The van der Waals surface area contributed by atoms with Crippen molar-refractivity contribution in [2.75, 3.05) is 25.6 Å². The monoisotopic (exact) mass is 377 g/mol. The van der Waals surface area contributed by atoms with Gasteiger partial charge in [-0.15, -0.1) is 0 Å². The maximum atomic E-state index is 12.3. The van der Waals surface area contributed by atoms with Crippen molar-refractivity contribution in [3.63, 3.8) is 0 Å². The van der Waals surface area contributed by atoms with Crippen molar-refractivity contribution in [3.05, 3.63) is 57.8 Å². The Hall–Kier alpha value is -1.76. The lowest BCUT2D eigenvalue weighted by molar-refractivity contribution is 0.102. The number of hydrogen-bond acceptors (Lipinski definition) is 4. The third-order valence-corrected chi connectivity index (χ3v) is 4.24. The topological polar surface area (TPSA) is 63.2 Å². The largest absolute Gasteiger partial charge is 0.383 e. The molecule has 122 valence electrons. The van der Waals surface area contributed by atoms with Gasteiger partial charge in [0.05, 0.1) is 6.61 Å². The van der Waals surface area contributed by atoms with Crippen LogP contribution in [-0.4, -0.2) is 31.2 Å². The van der Waals surface area contributed by atoms with Crippen LogP contribution in [0.3, 0.4) is 0 Å². The van der Waals surface area contributed by atoms with E-state index in [1.54, 1.807) is 19.4 Å². The molecule has 0 aliphatic heterocycles. The van der Waals surface area contributed by atoms with Crippen molar-refractivity contribution < 1.29 is 9.53 Å². The molecule has 1 aromatic carbocycles. The summed E-state index contributed by atoms with van der Waals surface area (Å²) in [5.74, 6) is -0.218. The molecule has 6 heteroatoms. The number of halogens is 1. The summed E-state index contributed by atoms with van der Waals surface area (Å²) in [6.45, 7) is 4.09. The van der Waals surface area contributed by atoms with Crippen LogP contribution in [0, 0.1) is 6.92 Å². The molecule has 0 unspecified atom stereocenters. The van der Waals surface area contributed by atoms with E-state index in [0.717, 1.165) is 27.8 Å². The molecule has 0 aliphatic rings. The summed E-state index contributed by atoms with van der Waals surface area (Å²) < 4.78 is 5.93. The maximum absolute atomic E-state index is 12.3. The number of methoxy groups -OCH3 is 1. The number of ether oxygens (including phenoxy) is 1. The fourth-order valence-electron chi connectivity index (χ4n) is 2.00. The third kappa shape index (κ3) is 5.13. The van der Waals surface area contributed by atoms with E-state index in [1.807, 2.05) is 31.2 Å². The smallest absolute Gasteiger partial charge is 0.274 e. The van der Waals surface area contributed by atoms with Gasteiger partial charge < -0.3 is 15.4 Å². The zero-order chi connectivity index (χ0) is 16.7. The summed E-state index contributed by atoms with van der Waals surface area (Å²) in [6, 6.07) is 9.32. The first-order chi connectivity index (χ1) is 11.1. The van der Waals surface area contributed by atoms with Crippen molar-refractivity contribution >= 4 is 27.5 Å². The van der Waals surface area contributed by atoms with Gasteiger partial charge in [-0.3, -0.25) is 9.78 Å². The lowest BCUT2D eigenvalue weighted by atomic mass is 10.2. The highest BCUT2D eigenvalue weighted by Gasteiger charge is 2.10. The van der Waals surface area contributed by atoms with Crippen LogP contribution >= 0.6 is 15.9 Å². The summed E-state index contributed by atoms with van der Waals surface area (Å²) in [5, 5.41) is 6.12. The number of aromatic nitrogens is 1. The number of nitrogens with zero attached hydrogens (tertiary/aromatic N) is 1. The summed E-state index contributed by atoms with van der Waals surface area (Å²) in [7, 11) is 1.67. The summed E-state index contributed by atoms with van der Waals surface area (Å²) in [6.07, 6.45) is 1.71. The number of nitrogens with one attached hydrogen (secondary N) is 2. The molecule has 5 nitrogen and oxygen atoms in total. The SMILES string of the molecule is COCCNCc1ccc(C(=O)Nc2cccc(Br)c2C)nc1. The van der Waals surface area contributed by atoms with E-state index in [1.165, 1.54) is 0 Å². The molecule has 1 aromatic heterocycles. The van der Waals surface area contributed by atoms with Gasteiger partial charge in [0, 0.05) is 36.6 Å². The van der Waals surface area contributed by atoms with Gasteiger partial charge in [-0.25, -0.2) is 0 Å². The van der Waals surface area contributed by atoms with Crippen LogP contribution in [0.25, 0.3) is 0 Å². The first-order valence-electron chi connectivity index (χ1n) is 7.33. The Morgan fingerprint density at radius 1 is 1.30 bits per heavy atom.